The van der Waals surface area contributed by atoms with Gasteiger partial charge in [-0.25, -0.2) is 0 Å². The first kappa shape index (κ1) is 13.9. The summed E-state index contributed by atoms with van der Waals surface area (Å²) in [4.78, 5) is 25.0. The molecule has 0 saturated carbocycles. The van der Waals surface area contributed by atoms with Crippen molar-refractivity contribution in [2.75, 3.05) is 32.7 Å². The molecule has 0 spiro atoms. The topological polar surface area (TPSA) is 87.5 Å². The fraction of sp³-hybridized carbons (Fsp3) is 0.818. The summed E-state index contributed by atoms with van der Waals surface area (Å²) in [6.07, 6.45) is 2.44. The van der Waals surface area contributed by atoms with Gasteiger partial charge in [0, 0.05) is 25.7 Å². The van der Waals surface area contributed by atoms with Crippen LogP contribution in [0.15, 0.2) is 0 Å². The predicted octanol–water partition coefficient (Wildman–Crippen LogP) is -1.34. The second-order valence-corrected chi connectivity index (χ2v) is 4.43. The van der Waals surface area contributed by atoms with E-state index >= 15 is 0 Å². The number of hydrogen-bond acceptors (Lipinski definition) is 4. The number of nitrogens with zero attached hydrogens (tertiary/aromatic N) is 1. The van der Waals surface area contributed by atoms with Crippen molar-refractivity contribution in [2.45, 2.75) is 25.8 Å². The summed E-state index contributed by atoms with van der Waals surface area (Å²) in [5.74, 6) is -1.19. The molecule has 1 heterocycles. The average molecular weight is 242 g/mol. The lowest BCUT2D eigenvalue weighted by molar-refractivity contribution is -0.139. The molecule has 0 aromatic heterocycles. The SMILES string of the molecule is CC(CN1CCCC1)NC(=O)C(=O)NCCN. The van der Waals surface area contributed by atoms with Crippen molar-refractivity contribution in [1.82, 2.24) is 15.5 Å². The van der Waals surface area contributed by atoms with E-state index in [1.54, 1.807) is 0 Å². The molecule has 1 saturated heterocycles. The number of carbonyl (C=O) groups is 2. The van der Waals surface area contributed by atoms with Gasteiger partial charge in [0.2, 0.25) is 0 Å². The van der Waals surface area contributed by atoms with E-state index in [1.807, 2.05) is 6.92 Å². The van der Waals surface area contributed by atoms with Gasteiger partial charge in [-0.15, -0.1) is 0 Å². The molecule has 1 aliphatic heterocycles. The molecule has 0 radical (unpaired) electrons. The number of carbonyl (C=O) groups excluding carboxylic acids is 2. The molecule has 4 N–H and O–H groups in total. The van der Waals surface area contributed by atoms with Gasteiger partial charge in [-0.2, -0.15) is 0 Å². The first-order valence-corrected chi connectivity index (χ1v) is 6.14. The van der Waals surface area contributed by atoms with Crippen LogP contribution >= 0.6 is 0 Å². The molecule has 1 aliphatic rings. The Balaban J connectivity index is 2.22. The highest BCUT2D eigenvalue weighted by molar-refractivity contribution is 6.35. The Bertz CT molecular complexity index is 264. The summed E-state index contributed by atoms with van der Waals surface area (Å²) in [7, 11) is 0. The van der Waals surface area contributed by atoms with Gasteiger partial charge in [0.1, 0.15) is 0 Å². The van der Waals surface area contributed by atoms with Crippen molar-refractivity contribution in [3.8, 4) is 0 Å². The number of nitrogens with one attached hydrogen (secondary N) is 2. The third-order valence-corrected chi connectivity index (χ3v) is 2.74. The number of likely N-dealkylation sites (tertiary alicyclic amines) is 1. The summed E-state index contributed by atoms with van der Waals surface area (Å²) in [5.41, 5.74) is 5.23. The third kappa shape index (κ3) is 5.14. The second-order valence-electron chi connectivity index (χ2n) is 4.43. The van der Waals surface area contributed by atoms with Crippen LogP contribution in [0.3, 0.4) is 0 Å². The van der Waals surface area contributed by atoms with Crippen molar-refractivity contribution >= 4 is 11.8 Å². The summed E-state index contributed by atoms with van der Waals surface area (Å²) < 4.78 is 0. The highest BCUT2D eigenvalue weighted by atomic mass is 16.2. The van der Waals surface area contributed by atoms with Gasteiger partial charge in [0.25, 0.3) is 0 Å². The molecule has 6 heteroatoms. The molecule has 0 aliphatic carbocycles. The van der Waals surface area contributed by atoms with Crippen molar-refractivity contribution < 1.29 is 9.59 Å². The Hall–Kier alpha value is -1.14. The zero-order valence-corrected chi connectivity index (χ0v) is 10.4. The lowest BCUT2D eigenvalue weighted by Gasteiger charge is -2.20. The lowest BCUT2D eigenvalue weighted by atomic mass is 10.3. The van der Waals surface area contributed by atoms with Crippen LogP contribution in [0, 0.1) is 0 Å². The van der Waals surface area contributed by atoms with E-state index in [0.717, 1.165) is 19.6 Å². The van der Waals surface area contributed by atoms with Gasteiger partial charge < -0.3 is 21.3 Å². The minimum atomic E-state index is -0.608. The molecule has 0 bridgehead atoms. The molecule has 0 aromatic carbocycles. The van der Waals surface area contributed by atoms with E-state index < -0.39 is 11.8 Å². The quantitative estimate of drug-likeness (QED) is 0.521. The first-order valence-electron chi connectivity index (χ1n) is 6.14. The first-order chi connectivity index (χ1) is 8.13. The summed E-state index contributed by atoms with van der Waals surface area (Å²) in [5, 5.41) is 5.12. The molecule has 6 nitrogen and oxygen atoms in total. The van der Waals surface area contributed by atoms with Crippen molar-refractivity contribution in [2.24, 2.45) is 5.73 Å². The minimum Gasteiger partial charge on any atom is -0.347 e. The zero-order valence-electron chi connectivity index (χ0n) is 10.4. The minimum absolute atomic E-state index is 0.00998. The number of nitrogens with two attached hydrogens (primary N) is 1. The van der Waals surface area contributed by atoms with Crippen LogP contribution in [-0.4, -0.2) is 55.5 Å². The van der Waals surface area contributed by atoms with Crippen LogP contribution in [0.4, 0.5) is 0 Å². The van der Waals surface area contributed by atoms with Crippen molar-refractivity contribution in [3.05, 3.63) is 0 Å². The van der Waals surface area contributed by atoms with Gasteiger partial charge in [-0.1, -0.05) is 0 Å². The Labute approximate surface area is 102 Å². The van der Waals surface area contributed by atoms with Gasteiger partial charge in [-0.05, 0) is 32.9 Å². The molecule has 1 atom stereocenters. The monoisotopic (exact) mass is 242 g/mol. The highest BCUT2D eigenvalue weighted by Gasteiger charge is 2.18. The molecule has 0 aromatic rings. The second kappa shape index (κ2) is 7.24. The Morgan fingerprint density at radius 3 is 2.53 bits per heavy atom. The van der Waals surface area contributed by atoms with Crippen molar-refractivity contribution in [1.29, 1.82) is 0 Å². The Morgan fingerprint density at radius 2 is 1.94 bits per heavy atom. The standard InChI is InChI=1S/C11H22N4O2/c1-9(8-15-6-2-3-7-15)14-11(17)10(16)13-5-4-12/h9H,2-8,12H2,1H3,(H,13,16)(H,14,17). The Morgan fingerprint density at radius 1 is 1.29 bits per heavy atom. The van der Waals surface area contributed by atoms with Crippen LogP contribution in [-0.2, 0) is 9.59 Å². The molecule has 1 unspecified atom stereocenters. The van der Waals surface area contributed by atoms with E-state index in [4.69, 9.17) is 5.73 Å². The molecular formula is C11H22N4O2. The fourth-order valence-electron chi connectivity index (χ4n) is 1.95. The molecule has 17 heavy (non-hydrogen) atoms. The lowest BCUT2D eigenvalue weighted by Crippen LogP contribution is -2.47. The molecule has 1 rings (SSSR count). The van der Waals surface area contributed by atoms with Crippen molar-refractivity contribution in [3.63, 3.8) is 0 Å². The average Bonchev–Trinajstić information content (AvgIpc) is 2.78. The Kier molecular flexibility index (Phi) is 5.93. The maximum atomic E-state index is 11.5. The zero-order chi connectivity index (χ0) is 12.7. The van der Waals surface area contributed by atoms with Crippen LogP contribution in [0.25, 0.3) is 0 Å². The van der Waals surface area contributed by atoms with E-state index in [-0.39, 0.29) is 6.04 Å². The maximum Gasteiger partial charge on any atom is 0.309 e. The smallest absolute Gasteiger partial charge is 0.309 e. The van der Waals surface area contributed by atoms with E-state index in [2.05, 4.69) is 15.5 Å². The van der Waals surface area contributed by atoms with E-state index in [0.29, 0.717) is 13.1 Å². The van der Waals surface area contributed by atoms with Crippen LogP contribution < -0.4 is 16.4 Å². The maximum absolute atomic E-state index is 11.5. The molecule has 1 fully saturated rings. The highest BCUT2D eigenvalue weighted by Crippen LogP contribution is 2.07. The molecule has 98 valence electrons. The molecular weight excluding hydrogens is 220 g/mol. The van der Waals surface area contributed by atoms with Gasteiger partial charge >= 0.3 is 11.8 Å². The van der Waals surface area contributed by atoms with Gasteiger partial charge in [0.15, 0.2) is 0 Å². The predicted molar refractivity (Wildman–Crippen MR) is 65.3 cm³/mol. The van der Waals surface area contributed by atoms with Crippen LogP contribution in [0.1, 0.15) is 19.8 Å². The third-order valence-electron chi connectivity index (χ3n) is 2.74. The summed E-state index contributed by atoms with van der Waals surface area (Å²) >= 11 is 0. The van der Waals surface area contributed by atoms with Crippen LogP contribution in [0.5, 0.6) is 0 Å². The number of rotatable bonds is 5. The van der Waals surface area contributed by atoms with Gasteiger partial charge in [-0.3, -0.25) is 9.59 Å². The largest absolute Gasteiger partial charge is 0.347 e. The summed E-state index contributed by atoms with van der Waals surface area (Å²) in [6, 6.07) is -0.00998. The number of hydrogen-bond donors (Lipinski definition) is 3. The number of amides is 2. The normalized spacial score (nSPS) is 17.8. The fourth-order valence-corrected chi connectivity index (χ4v) is 1.95. The van der Waals surface area contributed by atoms with E-state index in [9.17, 15) is 9.59 Å². The van der Waals surface area contributed by atoms with Gasteiger partial charge in [0.05, 0.1) is 0 Å². The van der Waals surface area contributed by atoms with Crippen LogP contribution in [0.2, 0.25) is 0 Å². The molecule has 2 amide bonds. The summed E-state index contributed by atoms with van der Waals surface area (Å²) in [6.45, 7) is 5.54. The van der Waals surface area contributed by atoms with E-state index in [1.165, 1.54) is 12.8 Å².